The maximum Gasteiger partial charge on any atom is 0.00385 e. The Morgan fingerprint density at radius 1 is 0.818 bits per heavy atom. The molecule has 2 nitrogen and oxygen atoms in total. The Morgan fingerprint density at radius 2 is 1.27 bits per heavy atom. The third-order valence-electron chi connectivity index (χ3n) is 4.44. The van der Waals surface area contributed by atoms with Gasteiger partial charge < -0.3 is 9.80 Å². The van der Waals surface area contributed by atoms with E-state index < -0.39 is 0 Å². The molecule has 0 aliphatic carbocycles. The Labute approximate surface area is 142 Å². The van der Waals surface area contributed by atoms with Crippen LogP contribution in [0.15, 0.2) is 0 Å². The molecule has 2 aliphatic heterocycles. The summed E-state index contributed by atoms with van der Waals surface area (Å²) < 4.78 is 0. The van der Waals surface area contributed by atoms with Crippen LogP contribution in [0, 0.1) is 5.92 Å². The molecular formula is C20H46N2. The summed E-state index contributed by atoms with van der Waals surface area (Å²) in [5.74, 6) is 0.979. The van der Waals surface area contributed by atoms with Gasteiger partial charge in [0.15, 0.2) is 0 Å². The second kappa shape index (κ2) is 17.3. The molecule has 0 aromatic heterocycles. The van der Waals surface area contributed by atoms with E-state index in [2.05, 4.69) is 37.5 Å². The van der Waals surface area contributed by atoms with Crippen molar-refractivity contribution in [1.29, 1.82) is 0 Å². The molecule has 0 aromatic carbocycles. The van der Waals surface area contributed by atoms with Gasteiger partial charge in [0.05, 0.1) is 0 Å². The van der Waals surface area contributed by atoms with Gasteiger partial charge in [-0.05, 0) is 78.2 Å². The first-order valence-corrected chi connectivity index (χ1v) is 10.1. The summed E-state index contributed by atoms with van der Waals surface area (Å²) in [5, 5.41) is 0. The standard InChI is InChI=1S/2C8H17N.2C2H6/c1-8(2)9-6-4-3-5-7-9;1-3-9-6-4-8(2)5-7-9;2*1-2/h2*8H,3-7H2,1-2H3;2*1-2H3. The van der Waals surface area contributed by atoms with Gasteiger partial charge in [0, 0.05) is 6.04 Å². The largest absolute Gasteiger partial charge is 0.304 e. The van der Waals surface area contributed by atoms with E-state index in [0.29, 0.717) is 0 Å². The van der Waals surface area contributed by atoms with Crippen molar-refractivity contribution in [2.75, 3.05) is 32.7 Å². The second-order valence-corrected chi connectivity index (χ2v) is 6.31. The van der Waals surface area contributed by atoms with Crippen molar-refractivity contribution >= 4 is 0 Å². The van der Waals surface area contributed by atoms with E-state index in [4.69, 9.17) is 0 Å². The van der Waals surface area contributed by atoms with Gasteiger partial charge in [-0.3, -0.25) is 0 Å². The average Bonchev–Trinajstić information content (AvgIpc) is 2.60. The maximum absolute atomic E-state index is 2.56. The van der Waals surface area contributed by atoms with Crippen molar-refractivity contribution in [2.45, 2.75) is 93.5 Å². The SMILES string of the molecule is CC.CC.CC(C)N1CCCCC1.CCN1CCC(C)CC1. The molecule has 0 amide bonds. The fourth-order valence-electron chi connectivity index (χ4n) is 2.81. The molecular weight excluding hydrogens is 268 g/mol. The first-order valence-electron chi connectivity index (χ1n) is 10.1. The van der Waals surface area contributed by atoms with Crippen molar-refractivity contribution < 1.29 is 0 Å². The highest BCUT2D eigenvalue weighted by atomic mass is 15.1. The van der Waals surface area contributed by atoms with E-state index in [-0.39, 0.29) is 0 Å². The Bertz CT molecular complexity index is 190. The molecule has 0 unspecified atom stereocenters. The Kier molecular flexibility index (Phi) is 19.0. The van der Waals surface area contributed by atoms with Crippen LogP contribution >= 0.6 is 0 Å². The zero-order valence-electron chi connectivity index (χ0n) is 17.1. The minimum Gasteiger partial charge on any atom is -0.304 e. The van der Waals surface area contributed by atoms with Crippen molar-refractivity contribution in [2.24, 2.45) is 5.92 Å². The fourth-order valence-corrected chi connectivity index (χ4v) is 2.81. The summed E-state index contributed by atoms with van der Waals surface area (Å²) in [5.41, 5.74) is 0. The lowest BCUT2D eigenvalue weighted by molar-refractivity contribution is 0.185. The highest BCUT2D eigenvalue weighted by molar-refractivity contribution is 4.68. The predicted octanol–water partition coefficient (Wildman–Crippen LogP) is 5.67. The minimum atomic E-state index is 0.769. The van der Waals surface area contributed by atoms with Gasteiger partial charge in [0.2, 0.25) is 0 Å². The summed E-state index contributed by atoms with van der Waals surface area (Å²) in [6.07, 6.45) is 7.10. The number of hydrogen-bond acceptors (Lipinski definition) is 2. The smallest absolute Gasteiger partial charge is 0.00385 e. The van der Waals surface area contributed by atoms with Crippen LogP contribution in [0.5, 0.6) is 0 Å². The molecule has 0 bridgehead atoms. The molecule has 2 rings (SSSR count). The van der Waals surface area contributed by atoms with Crippen molar-refractivity contribution in [3.8, 4) is 0 Å². The van der Waals surface area contributed by atoms with Crippen LogP contribution in [0.4, 0.5) is 0 Å². The van der Waals surface area contributed by atoms with Gasteiger partial charge in [-0.2, -0.15) is 0 Å². The van der Waals surface area contributed by atoms with Gasteiger partial charge in [0.1, 0.15) is 0 Å². The first kappa shape index (κ1) is 24.2. The van der Waals surface area contributed by atoms with Crippen molar-refractivity contribution in [3.05, 3.63) is 0 Å². The minimum absolute atomic E-state index is 0.769. The van der Waals surface area contributed by atoms with Crippen molar-refractivity contribution in [3.63, 3.8) is 0 Å². The van der Waals surface area contributed by atoms with E-state index in [1.165, 1.54) is 64.8 Å². The van der Waals surface area contributed by atoms with Crippen LogP contribution in [-0.4, -0.2) is 48.6 Å². The van der Waals surface area contributed by atoms with Gasteiger partial charge in [-0.15, -0.1) is 0 Å². The molecule has 0 N–H and O–H groups in total. The molecule has 2 saturated heterocycles. The van der Waals surface area contributed by atoms with Crippen molar-refractivity contribution in [1.82, 2.24) is 9.80 Å². The zero-order valence-corrected chi connectivity index (χ0v) is 17.1. The highest BCUT2D eigenvalue weighted by Crippen LogP contribution is 2.14. The van der Waals surface area contributed by atoms with E-state index in [1.54, 1.807) is 0 Å². The molecule has 0 atom stereocenters. The van der Waals surface area contributed by atoms with Gasteiger partial charge in [-0.25, -0.2) is 0 Å². The molecule has 136 valence electrons. The third-order valence-corrected chi connectivity index (χ3v) is 4.44. The van der Waals surface area contributed by atoms with Crippen LogP contribution in [0.25, 0.3) is 0 Å². The number of nitrogens with zero attached hydrogens (tertiary/aromatic N) is 2. The van der Waals surface area contributed by atoms with Crippen LogP contribution in [-0.2, 0) is 0 Å². The number of likely N-dealkylation sites (tertiary alicyclic amines) is 2. The Hall–Kier alpha value is -0.0800. The van der Waals surface area contributed by atoms with Gasteiger partial charge in [-0.1, -0.05) is 48.0 Å². The topological polar surface area (TPSA) is 6.48 Å². The molecule has 2 heterocycles. The predicted molar refractivity (Wildman–Crippen MR) is 104 cm³/mol. The summed E-state index contributed by atoms with van der Waals surface area (Å²) >= 11 is 0. The van der Waals surface area contributed by atoms with Gasteiger partial charge in [0.25, 0.3) is 0 Å². The molecule has 0 saturated carbocycles. The van der Waals surface area contributed by atoms with E-state index in [9.17, 15) is 0 Å². The molecule has 0 aromatic rings. The third kappa shape index (κ3) is 12.5. The first-order chi connectivity index (χ1) is 10.6. The number of rotatable bonds is 2. The lowest BCUT2D eigenvalue weighted by atomic mass is 9.99. The quantitative estimate of drug-likeness (QED) is 0.648. The molecule has 2 fully saturated rings. The van der Waals surface area contributed by atoms with Crippen LogP contribution in [0.3, 0.4) is 0 Å². The lowest BCUT2D eigenvalue weighted by Crippen LogP contribution is -2.35. The second-order valence-electron chi connectivity index (χ2n) is 6.31. The summed E-state index contributed by atoms with van der Waals surface area (Å²) in [6.45, 7) is 23.7. The fraction of sp³-hybridized carbons (Fsp3) is 1.00. The maximum atomic E-state index is 2.56. The monoisotopic (exact) mass is 314 g/mol. The molecule has 22 heavy (non-hydrogen) atoms. The summed E-state index contributed by atoms with van der Waals surface area (Å²) in [4.78, 5) is 5.09. The van der Waals surface area contributed by atoms with E-state index in [1.807, 2.05) is 27.7 Å². The number of hydrogen-bond donors (Lipinski definition) is 0. The summed E-state index contributed by atoms with van der Waals surface area (Å²) in [7, 11) is 0. The van der Waals surface area contributed by atoms with E-state index >= 15 is 0 Å². The molecule has 0 spiro atoms. The van der Waals surface area contributed by atoms with Crippen LogP contribution < -0.4 is 0 Å². The van der Waals surface area contributed by atoms with Crippen LogP contribution in [0.2, 0.25) is 0 Å². The summed E-state index contributed by atoms with van der Waals surface area (Å²) in [6, 6.07) is 0.769. The normalized spacial score (nSPS) is 20.0. The molecule has 0 radical (unpaired) electrons. The molecule has 2 heteroatoms. The lowest BCUT2D eigenvalue weighted by Gasteiger charge is -2.29. The average molecular weight is 315 g/mol. The zero-order chi connectivity index (χ0) is 17.4. The molecule has 2 aliphatic rings. The number of piperidine rings is 2. The van der Waals surface area contributed by atoms with Crippen LogP contribution in [0.1, 0.15) is 87.5 Å². The van der Waals surface area contributed by atoms with Gasteiger partial charge >= 0.3 is 0 Å². The Morgan fingerprint density at radius 3 is 1.59 bits per heavy atom. The highest BCUT2D eigenvalue weighted by Gasteiger charge is 2.13. The Balaban J connectivity index is 0. The van der Waals surface area contributed by atoms with E-state index in [0.717, 1.165) is 12.0 Å².